The number of rotatable bonds is 8. The second-order valence-corrected chi connectivity index (χ2v) is 7.47. The topological polar surface area (TPSA) is 133 Å². The molecule has 0 saturated heterocycles. The summed E-state index contributed by atoms with van der Waals surface area (Å²) in [7, 11) is 0. The highest BCUT2D eigenvalue weighted by Crippen LogP contribution is 2.34. The molecular weight excluding hydrogens is 446 g/mol. The first kappa shape index (κ1) is 21.6. The summed E-state index contributed by atoms with van der Waals surface area (Å²) < 4.78 is 5.55. The predicted octanol–water partition coefficient (Wildman–Crippen LogP) is 5.86. The molecule has 33 heavy (non-hydrogen) atoms. The molecule has 1 N–H and O–H groups in total. The number of nitro groups is 2. The standard InChI is InChI=1S/C22H15N5O5S/c28-26(29)17-8-11-21(20(12-17)27(30)31)32-18-9-6-15(7-10-18)13-23-25-22-24-19(14-33-22)16-4-2-1-3-5-16/h1-14H,(H,24,25). The van der Waals surface area contributed by atoms with Gasteiger partial charge in [0.15, 0.2) is 0 Å². The molecule has 0 unspecified atom stereocenters. The van der Waals surface area contributed by atoms with Crippen LogP contribution in [0.5, 0.6) is 11.5 Å². The van der Waals surface area contributed by atoms with E-state index >= 15 is 0 Å². The summed E-state index contributed by atoms with van der Waals surface area (Å²) in [6, 6.07) is 19.7. The van der Waals surface area contributed by atoms with Crippen molar-refractivity contribution in [2.45, 2.75) is 0 Å². The number of anilines is 1. The molecular formula is C22H15N5O5S. The van der Waals surface area contributed by atoms with Gasteiger partial charge in [0.2, 0.25) is 10.9 Å². The summed E-state index contributed by atoms with van der Waals surface area (Å²) in [4.78, 5) is 25.1. The maximum atomic E-state index is 11.2. The Hall–Kier alpha value is -4.64. The van der Waals surface area contributed by atoms with Gasteiger partial charge in [-0.2, -0.15) is 5.10 Å². The van der Waals surface area contributed by atoms with Crippen molar-refractivity contribution < 1.29 is 14.6 Å². The Labute approximate surface area is 191 Å². The number of hydrogen-bond acceptors (Lipinski definition) is 9. The van der Waals surface area contributed by atoms with Gasteiger partial charge < -0.3 is 4.74 Å². The minimum absolute atomic E-state index is 0.0910. The lowest BCUT2D eigenvalue weighted by Crippen LogP contribution is -1.96. The van der Waals surface area contributed by atoms with E-state index in [-0.39, 0.29) is 11.4 Å². The fourth-order valence-electron chi connectivity index (χ4n) is 2.83. The third-order valence-electron chi connectivity index (χ3n) is 4.41. The molecule has 1 aromatic heterocycles. The SMILES string of the molecule is O=[N+]([O-])c1ccc(Oc2ccc(C=NNc3nc(-c4ccccc4)cs3)cc2)c([N+](=O)[O-])c1. The highest BCUT2D eigenvalue weighted by Gasteiger charge is 2.21. The number of non-ortho nitro benzene ring substituents is 1. The number of benzene rings is 3. The molecule has 0 amide bonds. The smallest absolute Gasteiger partial charge is 0.318 e. The Morgan fingerprint density at radius 2 is 1.73 bits per heavy atom. The third kappa shape index (κ3) is 5.35. The van der Waals surface area contributed by atoms with Crippen molar-refractivity contribution in [2.75, 3.05) is 5.43 Å². The molecule has 0 saturated carbocycles. The van der Waals surface area contributed by atoms with E-state index in [2.05, 4.69) is 15.5 Å². The van der Waals surface area contributed by atoms with E-state index in [9.17, 15) is 20.2 Å². The molecule has 11 heteroatoms. The van der Waals surface area contributed by atoms with Gasteiger partial charge in [-0.3, -0.25) is 25.7 Å². The van der Waals surface area contributed by atoms with E-state index in [1.54, 1.807) is 30.5 Å². The summed E-state index contributed by atoms with van der Waals surface area (Å²) in [5.74, 6) is 0.246. The van der Waals surface area contributed by atoms with Gasteiger partial charge in [-0.15, -0.1) is 11.3 Å². The number of ether oxygens (including phenoxy) is 1. The van der Waals surface area contributed by atoms with Crippen LogP contribution in [0, 0.1) is 20.2 Å². The van der Waals surface area contributed by atoms with E-state index in [0.29, 0.717) is 10.9 Å². The number of hydrazone groups is 1. The van der Waals surface area contributed by atoms with Crippen LogP contribution in [0.15, 0.2) is 83.3 Å². The molecule has 4 aromatic rings. The molecule has 0 aliphatic rings. The number of hydrogen-bond donors (Lipinski definition) is 1. The third-order valence-corrected chi connectivity index (χ3v) is 5.15. The molecule has 164 valence electrons. The lowest BCUT2D eigenvalue weighted by Gasteiger charge is -2.06. The highest BCUT2D eigenvalue weighted by molar-refractivity contribution is 7.14. The van der Waals surface area contributed by atoms with E-state index < -0.39 is 15.5 Å². The molecule has 10 nitrogen and oxygen atoms in total. The van der Waals surface area contributed by atoms with Crippen LogP contribution in [-0.2, 0) is 0 Å². The molecule has 0 aliphatic heterocycles. The Balaban J connectivity index is 1.40. The highest BCUT2D eigenvalue weighted by atomic mass is 32.1. The van der Waals surface area contributed by atoms with E-state index in [4.69, 9.17) is 4.74 Å². The zero-order valence-electron chi connectivity index (χ0n) is 16.8. The van der Waals surface area contributed by atoms with E-state index in [1.807, 2.05) is 35.7 Å². The van der Waals surface area contributed by atoms with Gasteiger partial charge in [-0.1, -0.05) is 30.3 Å². The fraction of sp³-hybridized carbons (Fsp3) is 0. The Kier molecular flexibility index (Phi) is 6.32. The summed E-state index contributed by atoms with van der Waals surface area (Å²) >= 11 is 1.44. The lowest BCUT2D eigenvalue weighted by atomic mass is 10.2. The van der Waals surface area contributed by atoms with E-state index in [1.165, 1.54) is 17.4 Å². The second-order valence-electron chi connectivity index (χ2n) is 6.61. The average Bonchev–Trinajstić information content (AvgIpc) is 3.30. The first-order chi connectivity index (χ1) is 16.0. The number of nitrogens with one attached hydrogen (secondary N) is 1. The van der Waals surface area contributed by atoms with Gasteiger partial charge in [0.05, 0.1) is 27.8 Å². The van der Waals surface area contributed by atoms with Crippen molar-refractivity contribution in [3.05, 3.63) is 104 Å². The second kappa shape index (κ2) is 9.66. The lowest BCUT2D eigenvalue weighted by molar-refractivity contribution is -0.394. The van der Waals surface area contributed by atoms with Crippen molar-refractivity contribution in [1.29, 1.82) is 0 Å². The van der Waals surface area contributed by atoms with Crippen molar-refractivity contribution >= 4 is 34.1 Å². The van der Waals surface area contributed by atoms with Crippen LogP contribution >= 0.6 is 11.3 Å². The Morgan fingerprint density at radius 1 is 0.970 bits per heavy atom. The summed E-state index contributed by atoms with van der Waals surface area (Å²) in [6.45, 7) is 0. The maximum Gasteiger partial charge on any atom is 0.318 e. The molecule has 0 atom stereocenters. The van der Waals surface area contributed by atoms with Crippen LogP contribution in [0.2, 0.25) is 0 Å². The molecule has 0 radical (unpaired) electrons. The maximum absolute atomic E-state index is 11.2. The van der Waals surface area contributed by atoms with Gasteiger partial charge in [-0.05, 0) is 35.9 Å². The normalized spacial score (nSPS) is 10.8. The molecule has 0 aliphatic carbocycles. The Morgan fingerprint density at radius 3 is 2.42 bits per heavy atom. The molecule has 1 heterocycles. The van der Waals surface area contributed by atoms with Gasteiger partial charge in [0.25, 0.3) is 5.69 Å². The molecule has 0 bridgehead atoms. The van der Waals surface area contributed by atoms with Gasteiger partial charge in [0, 0.05) is 17.0 Å². The first-order valence-electron chi connectivity index (χ1n) is 9.50. The first-order valence-corrected chi connectivity index (χ1v) is 10.4. The van der Waals surface area contributed by atoms with Crippen molar-refractivity contribution in [2.24, 2.45) is 5.10 Å². The summed E-state index contributed by atoms with van der Waals surface area (Å²) in [5.41, 5.74) is 4.66. The van der Waals surface area contributed by atoms with Crippen LogP contribution < -0.4 is 10.2 Å². The quantitative estimate of drug-likeness (QED) is 0.197. The van der Waals surface area contributed by atoms with Crippen LogP contribution in [0.1, 0.15) is 5.56 Å². The largest absolute Gasteiger partial charge is 0.450 e. The Bertz CT molecular complexity index is 1320. The molecule has 3 aromatic carbocycles. The summed E-state index contributed by atoms with van der Waals surface area (Å²) in [6.07, 6.45) is 1.60. The van der Waals surface area contributed by atoms with Gasteiger partial charge in [-0.25, -0.2) is 4.98 Å². The van der Waals surface area contributed by atoms with Crippen LogP contribution in [0.25, 0.3) is 11.3 Å². The van der Waals surface area contributed by atoms with Gasteiger partial charge in [0.1, 0.15) is 5.75 Å². The minimum atomic E-state index is -0.725. The predicted molar refractivity (Wildman–Crippen MR) is 125 cm³/mol. The monoisotopic (exact) mass is 461 g/mol. The zero-order valence-corrected chi connectivity index (χ0v) is 17.6. The zero-order chi connectivity index (χ0) is 23.2. The van der Waals surface area contributed by atoms with Crippen LogP contribution in [-0.4, -0.2) is 21.0 Å². The van der Waals surface area contributed by atoms with Crippen LogP contribution in [0.3, 0.4) is 0 Å². The molecule has 0 fully saturated rings. The van der Waals surface area contributed by atoms with E-state index in [0.717, 1.165) is 29.0 Å². The minimum Gasteiger partial charge on any atom is -0.450 e. The number of aromatic nitrogens is 1. The van der Waals surface area contributed by atoms with Crippen molar-refractivity contribution in [1.82, 2.24) is 4.98 Å². The fourth-order valence-corrected chi connectivity index (χ4v) is 3.49. The van der Waals surface area contributed by atoms with Gasteiger partial charge >= 0.3 is 5.69 Å². The molecule has 4 rings (SSSR count). The number of nitrogens with zero attached hydrogens (tertiary/aromatic N) is 4. The number of thiazole rings is 1. The average molecular weight is 461 g/mol. The van der Waals surface area contributed by atoms with Crippen LogP contribution in [0.4, 0.5) is 16.5 Å². The van der Waals surface area contributed by atoms with Crippen molar-refractivity contribution in [3.8, 4) is 22.8 Å². The molecule has 0 spiro atoms. The number of nitro benzene ring substituents is 2. The van der Waals surface area contributed by atoms with Crippen molar-refractivity contribution in [3.63, 3.8) is 0 Å². The summed E-state index contributed by atoms with van der Waals surface area (Å²) in [5, 5.41) is 28.8.